The van der Waals surface area contributed by atoms with Crippen molar-refractivity contribution in [3.8, 4) is 0 Å². The lowest BCUT2D eigenvalue weighted by Gasteiger charge is -2.16. The van der Waals surface area contributed by atoms with Gasteiger partial charge >= 0.3 is 24.1 Å². The van der Waals surface area contributed by atoms with E-state index in [-0.39, 0.29) is 0 Å². The predicted molar refractivity (Wildman–Crippen MR) is 48.8 cm³/mol. The highest BCUT2D eigenvalue weighted by Gasteiger charge is 2.44. The summed E-state index contributed by atoms with van der Waals surface area (Å²) in [5.41, 5.74) is 0. The second-order valence-electron chi connectivity index (χ2n) is 3.69. The Labute approximate surface area is 98.2 Å². The van der Waals surface area contributed by atoms with Crippen molar-refractivity contribution < 1.29 is 37.8 Å². The molecule has 0 radical (unpaired) electrons. The second kappa shape index (κ2) is 4.70. The minimum absolute atomic E-state index is 0.399. The molecule has 1 heterocycles. The zero-order chi connectivity index (χ0) is 14.1. The molecule has 7 nitrogen and oxygen atoms in total. The number of carbonyl (C=O) groups is 3. The first-order valence-corrected chi connectivity index (χ1v) is 4.73. The van der Waals surface area contributed by atoms with E-state index in [0.29, 0.717) is 4.90 Å². The second-order valence-corrected chi connectivity index (χ2v) is 3.69. The van der Waals surface area contributed by atoms with Gasteiger partial charge in [-0.25, -0.2) is 9.59 Å². The molecule has 18 heavy (non-hydrogen) atoms. The Kier molecular flexibility index (Phi) is 3.67. The number of hydrogen-bond acceptors (Lipinski definition) is 3. The Hall–Kier alpha value is -2.00. The van der Waals surface area contributed by atoms with Gasteiger partial charge < -0.3 is 15.5 Å². The summed E-state index contributed by atoms with van der Waals surface area (Å²) in [6.45, 7) is -0.492. The monoisotopic (exact) mass is 270 g/mol. The summed E-state index contributed by atoms with van der Waals surface area (Å²) in [4.78, 5) is 32.5. The number of nitrogens with zero attached hydrogens (tertiary/aromatic N) is 1. The van der Waals surface area contributed by atoms with E-state index in [4.69, 9.17) is 10.2 Å². The van der Waals surface area contributed by atoms with Crippen LogP contribution in [0.25, 0.3) is 0 Å². The predicted octanol–water partition coefficient (Wildman–Crippen LogP) is -0.130. The van der Waals surface area contributed by atoms with Crippen LogP contribution in [0.15, 0.2) is 0 Å². The van der Waals surface area contributed by atoms with Crippen molar-refractivity contribution in [1.82, 2.24) is 10.2 Å². The molecule has 1 fully saturated rings. The van der Waals surface area contributed by atoms with E-state index < -0.39 is 49.2 Å². The van der Waals surface area contributed by atoms with E-state index in [0.717, 1.165) is 0 Å². The highest BCUT2D eigenvalue weighted by atomic mass is 19.4. The SMILES string of the molecule is O=C(O)C1CC(NC(=O)C(F)(F)F)CN1C(=O)O. The fourth-order valence-corrected chi connectivity index (χ4v) is 1.65. The minimum Gasteiger partial charge on any atom is -0.480 e. The van der Waals surface area contributed by atoms with E-state index in [9.17, 15) is 27.6 Å². The molecule has 2 unspecified atom stereocenters. The van der Waals surface area contributed by atoms with Crippen molar-refractivity contribution in [2.45, 2.75) is 24.7 Å². The number of nitrogens with one attached hydrogen (secondary N) is 1. The fraction of sp³-hybridized carbons (Fsp3) is 0.625. The first-order chi connectivity index (χ1) is 8.12. The van der Waals surface area contributed by atoms with Gasteiger partial charge in [-0.2, -0.15) is 13.2 Å². The topological polar surface area (TPSA) is 107 Å². The van der Waals surface area contributed by atoms with Crippen LogP contribution in [0, 0.1) is 0 Å². The summed E-state index contributed by atoms with van der Waals surface area (Å²) in [5.74, 6) is -3.69. The maximum Gasteiger partial charge on any atom is 0.471 e. The summed E-state index contributed by atoms with van der Waals surface area (Å²) in [6.07, 6.45) is -7.05. The molecule has 102 valence electrons. The lowest BCUT2D eigenvalue weighted by Crippen LogP contribution is -2.44. The largest absolute Gasteiger partial charge is 0.480 e. The Morgan fingerprint density at radius 2 is 1.78 bits per heavy atom. The lowest BCUT2D eigenvalue weighted by atomic mass is 10.1. The lowest BCUT2D eigenvalue weighted by molar-refractivity contribution is -0.174. The molecule has 10 heteroatoms. The molecule has 2 atom stereocenters. The highest BCUT2D eigenvalue weighted by Crippen LogP contribution is 2.21. The summed E-state index contributed by atoms with van der Waals surface area (Å²) >= 11 is 0. The van der Waals surface area contributed by atoms with Crippen LogP contribution in [0.4, 0.5) is 18.0 Å². The average molecular weight is 270 g/mol. The van der Waals surface area contributed by atoms with E-state index in [1.165, 1.54) is 0 Å². The number of carboxylic acids is 1. The van der Waals surface area contributed by atoms with E-state index >= 15 is 0 Å². The van der Waals surface area contributed by atoms with Crippen molar-refractivity contribution in [3.05, 3.63) is 0 Å². The molecule has 0 aliphatic carbocycles. The number of carbonyl (C=O) groups excluding carboxylic acids is 1. The molecule has 2 amide bonds. The van der Waals surface area contributed by atoms with Gasteiger partial charge in [0, 0.05) is 19.0 Å². The van der Waals surface area contributed by atoms with Gasteiger partial charge in [0.25, 0.3) is 0 Å². The van der Waals surface area contributed by atoms with Gasteiger partial charge in [0.15, 0.2) is 0 Å². The molecule has 0 aromatic carbocycles. The molecule has 1 saturated heterocycles. The van der Waals surface area contributed by atoms with Gasteiger partial charge in [-0.15, -0.1) is 0 Å². The van der Waals surface area contributed by atoms with Crippen LogP contribution in [-0.4, -0.2) is 57.9 Å². The Balaban J connectivity index is 2.70. The molecule has 0 saturated carbocycles. The number of amides is 2. The highest BCUT2D eigenvalue weighted by molar-refractivity contribution is 5.83. The van der Waals surface area contributed by atoms with Crippen LogP contribution in [-0.2, 0) is 9.59 Å². The summed E-state index contributed by atoms with van der Waals surface area (Å²) < 4.78 is 35.9. The maximum absolute atomic E-state index is 12.0. The third-order valence-corrected chi connectivity index (χ3v) is 2.42. The number of rotatable bonds is 2. The van der Waals surface area contributed by atoms with E-state index in [2.05, 4.69) is 0 Å². The first kappa shape index (κ1) is 14.1. The smallest absolute Gasteiger partial charge is 0.471 e. The third-order valence-electron chi connectivity index (χ3n) is 2.42. The molecule has 0 aromatic heterocycles. The van der Waals surface area contributed by atoms with Gasteiger partial charge in [-0.1, -0.05) is 0 Å². The molecule has 0 bridgehead atoms. The number of alkyl halides is 3. The molecule has 3 N–H and O–H groups in total. The van der Waals surface area contributed by atoms with Gasteiger partial charge in [0.05, 0.1) is 0 Å². The van der Waals surface area contributed by atoms with Crippen molar-refractivity contribution in [2.75, 3.05) is 6.54 Å². The van der Waals surface area contributed by atoms with Crippen molar-refractivity contribution in [2.24, 2.45) is 0 Å². The van der Waals surface area contributed by atoms with Crippen molar-refractivity contribution in [1.29, 1.82) is 0 Å². The van der Waals surface area contributed by atoms with Gasteiger partial charge in [-0.3, -0.25) is 9.69 Å². The van der Waals surface area contributed by atoms with E-state index in [1.54, 1.807) is 5.32 Å². The van der Waals surface area contributed by atoms with Crippen LogP contribution in [0.2, 0.25) is 0 Å². The summed E-state index contributed by atoms with van der Waals surface area (Å²) in [6, 6.07) is -2.63. The number of carboxylic acid groups (broad SMARTS) is 2. The van der Waals surface area contributed by atoms with Crippen LogP contribution in [0.5, 0.6) is 0 Å². The molecular weight excluding hydrogens is 261 g/mol. The Bertz CT molecular complexity index is 361. The fourth-order valence-electron chi connectivity index (χ4n) is 1.65. The first-order valence-electron chi connectivity index (χ1n) is 4.73. The minimum atomic E-state index is -5.09. The van der Waals surface area contributed by atoms with Gasteiger partial charge in [0.1, 0.15) is 6.04 Å². The van der Waals surface area contributed by atoms with Crippen LogP contribution in [0.3, 0.4) is 0 Å². The zero-order valence-electron chi connectivity index (χ0n) is 8.77. The van der Waals surface area contributed by atoms with Crippen LogP contribution < -0.4 is 5.32 Å². The molecular formula is C8H9F3N2O5. The number of likely N-dealkylation sites (tertiary alicyclic amines) is 1. The maximum atomic E-state index is 12.0. The normalized spacial score (nSPS) is 23.8. The van der Waals surface area contributed by atoms with Crippen LogP contribution >= 0.6 is 0 Å². The molecule has 1 aliphatic heterocycles. The zero-order valence-corrected chi connectivity index (χ0v) is 8.77. The van der Waals surface area contributed by atoms with Crippen molar-refractivity contribution >= 4 is 18.0 Å². The average Bonchev–Trinajstić information content (AvgIpc) is 2.60. The quantitative estimate of drug-likeness (QED) is 0.648. The molecule has 0 aromatic rings. The van der Waals surface area contributed by atoms with Gasteiger partial charge in [-0.05, 0) is 0 Å². The number of halogens is 3. The molecule has 0 spiro atoms. The number of aliphatic carboxylic acids is 1. The van der Waals surface area contributed by atoms with Gasteiger partial charge in [0.2, 0.25) is 0 Å². The summed E-state index contributed by atoms with van der Waals surface area (Å²) in [5, 5.41) is 18.9. The van der Waals surface area contributed by atoms with Crippen molar-refractivity contribution in [3.63, 3.8) is 0 Å². The molecule has 1 rings (SSSR count). The third kappa shape index (κ3) is 3.02. The number of hydrogen-bond donors (Lipinski definition) is 3. The summed E-state index contributed by atoms with van der Waals surface area (Å²) in [7, 11) is 0. The molecule has 1 aliphatic rings. The Morgan fingerprint density at radius 3 is 2.11 bits per heavy atom. The van der Waals surface area contributed by atoms with Crippen LogP contribution in [0.1, 0.15) is 6.42 Å². The standard InChI is InChI=1S/C8H9F3N2O5/c9-8(10,11)6(16)12-3-1-4(5(14)15)13(2-3)7(17)18/h3-4H,1-2H2,(H,12,16)(H,14,15)(H,17,18). The Morgan fingerprint density at radius 1 is 1.22 bits per heavy atom. The van der Waals surface area contributed by atoms with E-state index in [1.807, 2.05) is 0 Å².